The molecule has 0 bridgehead atoms. The molecule has 78 heavy (non-hydrogen) atoms. The maximum absolute atomic E-state index is 14.4. The fourth-order valence-electron chi connectivity index (χ4n) is 9.41. The van der Waals surface area contributed by atoms with Crippen molar-refractivity contribution >= 4 is 99.0 Å². The predicted molar refractivity (Wildman–Crippen MR) is 297 cm³/mol. The molecule has 0 saturated carbocycles. The number of nitrogens with one attached hydrogen (secondary N) is 6. The van der Waals surface area contributed by atoms with E-state index in [0.29, 0.717) is 27.9 Å². The number of nitrogens with zero attached hydrogens (tertiary/aromatic N) is 5. The summed E-state index contributed by atoms with van der Waals surface area (Å²) >= 11 is 10.3. The van der Waals surface area contributed by atoms with E-state index in [2.05, 4.69) is 42.1 Å². The van der Waals surface area contributed by atoms with Gasteiger partial charge in [0.15, 0.2) is 5.82 Å². The van der Waals surface area contributed by atoms with Crippen molar-refractivity contribution in [3.8, 4) is 15.4 Å². The van der Waals surface area contributed by atoms with Gasteiger partial charge in [-0.15, -0.1) is 44.6 Å². The molecule has 6 heterocycles. The molecule has 8 rings (SSSR count). The highest BCUT2D eigenvalue weighted by Crippen LogP contribution is 2.40. The molecule has 7 atom stereocenters. The molecule has 2 saturated heterocycles. The van der Waals surface area contributed by atoms with Crippen LogP contribution in [-0.4, -0.2) is 139 Å². The van der Waals surface area contributed by atoms with Gasteiger partial charge in [0.25, 0.3) is 0 Å². The zero-order valence-corrected chi connectivity index (χ0v) is 47.1. The summed E-state index contributed by atoms with van der Waals surface area (Å²) in [6.45, 7) is 11.4. The Morgan fingerprint density at radius 1 is 0.872 bits per heavy atom. The van der Waals surface area contributed by atoms with Gasteiger partial charge < -0.3 is 47.6 Å². The molecule has 412 valence electrons. The second-order valence-electron chi connectivity index (χ2n) is 20.5. The van der Waals surface area contributed by atoms with Gasteiger partial charge in [-0.2, -0.15) is 0 Å². The number of amides is 8. The molecule has 0 aliphatic carbocycles. The van der Waals surface area contributed by atoms with Crippen LogP contribution < -0.4 is 37.6 Å². The Labute approximate surface area is 467 Å². The normalized spacial score (nSPS) is 23.0. The summed E-state index contributed by atoms with van der Waals surface area (Å²) in [6.07, 6.45) is -1.57. The summed E-state index contributed by atoms with van der Waals surface area (Å²) in [7, 11) is 0. The number of carbonyl (C=O) groups is 8. The minimum atomic E-state index is -1.57. The number of carbonyl (C=O) groups excluding carboxylic acids is 8. The number of hydrogen-bond acceptors (Lipinski definition) is 15. The number of nitrogens with two attached hydrogens (primary N) is 1. The van der Waals surface area contributed by atoms with E-state index in [1.54, 1.807) is 64.1 Å². The van der Waals surface area contributed by atoms with E-state index in [4.69, 9.17) is 22.3 Å². The molecular weight excluding hydrogens is 1080 g/mol. The van der Waals surface area contributed by atoms with Crippen LogP contribution in [0.25, 0.3) is 15.4 Å². The lowest BCUT2D eigenvalue weighted by Crippen LogP contribution is -2.58. The minimum absolute atomic E-state index is 0.173. The Bertz CT molecular complexity index is 3190. The van der Waals surface area contributed by atoms with Gasteiger partial charge >= 0.3 is 0 Å². The lowest BCUT2D eigenvalue weighted by atomic mass is 9.85. The average Bonchev–Trinajstić information content (AvgIpc) is 4.24. The van der Waals surface area contributed by atoms with Crippen molar-refractivity contribution in [2.24, 2.45) is 16.1 Å². The zero-order valence-electron chi connectivity index (χ0n) is 43.9. The third-order valence-corrected chi connectivity index (χ3v) is 17.2. The topological polar surface area (TPSA) is 301 Å². The van der Waals surface area contributed by atoms with Crippen LogP contribution in [0.1, 0.15) is 90.0 Å². The maximum Gasteiger partial charge on any atom is 0.247 e. The molecule has 0 radical (unpaired) electrons. The van der Waals surface area contributed by atoms with Gasteiger partial charge in [-0.1, -0.05) is 68.8 Å². The molecule has 3 aliphatic rings. The smallest absolute Gasteiger partial charge is 0.247 e. The summed E-state index contributed by atoms with van der Waals surface area (Å²) in [5, 5.41) is 38.9. The Balaban J connectivity index is 1.08. The summed E-state index contributed by atoms with van der Waals surface area (Å²) in [5.41, 5.74) is 10.2. The van der Waals surface area contributed by atoms with Gasteiger partial charge in [-0.05, 0) is 78.9 Å². The van der Waals surface area contributed by atoms with Crippen molar-refractivity contribution < 1.29 is 43.5 Å². The Kier molecular flexibility index (Phi) is 17.6. The number of aliphatic imine (C=N–C) groups is 1. The van der Waals surface area contributed by atoms with Crippen LogP contribution in [0.3, 0.4) is 0 Å². The van der Waals surface area contributed by atoms with Gasteiger partial charge in [0, 0.05) is 51.2 Å². The number of halogens is 1. The molecule has 9 N–H and O–H groups in total. The number of thiophene rings is 2. The van der Waals surface area contributed by atoms with Gasteiger partial charge in [0.2, 0.25) is 47.3 Å². The number of aryl methyl sites for hydroxylation is 3. The van der Waals surface area contributed by atoms with Crippen molar-refractivity contribution in [1.82, 2.24) is 51.6 Å². The fraction of sp³-hybridized carbons (Fsp3) is 0.415. The van der Waals surface area contributed by atoms with Crippen molar-refractivity contribution in [3.05, 3.63) is 109 Å². The highest BCUT2D eigenvalue weighted by molar-refractivity contribution is 8.00. The third kappa shape index (κ3) is 12.8. The molecule has 2 fully saturated rings. The molecule has 3 aromatic heterocycles. The van der Waals surface area contributed by atoms with E-state index in [9.17, 15) is 43.5 Å². The van der Waals surface area contributed by atoms with E-state index in [1.165, 1.54) is 27.6 Å². The molecular formula is C53H61ClN12O9S3. The van der Waals surface area contributed by atoms with E-state index >= 15 is 0 Å². The first-order chi connectivity index (χ1) is 37.0. The number of aliphatic hydroxyl groups excluding tert-OH is 1. The summed E-state index contributed by atoms with van der Waals surface area (Å²) < 4.78 is 1.88. The second-order valence-corrected chi connectivity index (χ2v) is 24.1. The minimum Gasteiger partial charge on any atom is -0.391 e. The molecule has 8 amide bonds. The molecule has 0 spiro atoms. The highest BCUT2D eigenvalue weighted by Gasteiger charge is 2.45. The van der Waals surface area contributed by atoms with Crippen molar-refractivity contribution in [3.63, 3.8) is 0 Å². The number of aliphatic hydroxyl groups is 1. The second kappa shape index (κ2) is 23.9. The highest BCUT2D eigenvalue weighted by atomic mass is 35.5. The number of rotatable bonds is 8. The molecule has 25 heteroatoms. The van der Waals surface area contributed by atoms with E-state index in [-0.39, 0.29) is 30.9 Å². The summed E-state index contributed by atoms with van der Waals surface area (Å²) in [5.74, 6) is -5.86. The van der Waals surface area contributed by atoms with Crippen molar-refractivity contribution in [2.75, 3.05) is 31.1 Å². The predicted octanol–water partition coefficient (Wildman–Crippen LogP) is 3.01. The molecule has 0 unspecified atom stereocenters. The van der Waals surface area contributed by atoms with Crippen molar-refractivity contribution in [1.29, 1.82) is 0 Å². The first kappa shape index (κ1) is 57.2. The zero-order chi connectivity index (χ0) is 56.3. The standard InChI is InChI=1S/C53H61ClN12O9S3/c1-25-16-17-77-44(25)31-10-8-30(9-11-31)43-50(74)57-21-39(69)58-35(48(72)60-36(46(55)71)23-76-24-40(70)61-45(53(5,6)7)51(75)65-22-33(67)18-37(65)49(73)62-43)20-56-38(68)19-34-47-64-63-28(4)66(47)52-41(26(2)27(3)78-52)42(59-34)29-12-14-32(54)15-13-29/h8-17,33-37,43,45,67H,18-24H2,1-7H3,(H2,55,71)(H,56,68)(H,57,74)(H,58,69)(H,60,72)(H,61,70)(H,62,73)/t33-,34+,35+,36-,37+,43+,45-/m1/s1. The number of hydrogen-bond donors (Lipinski definition) is 8. The molecule has 5 aromatic rings. The van der Waals surface area contributed by atoms with Crippen LogP contribution in [0.15, 0.2) is 65.0 Å². The SMILES string of the molecule is Cc1ccsc1-c1ccc([C@@H]2NC(=O)[C@@H]3C[C@@H](O)CN3C(=O)[C@H](C(C)(C)C)NC(=O)CSC[C@H](C(N)=O)NC(=O)[C@H](CNC(=O)C[C@@H]3N=C(c4ccc(Cl)cc4)c4c(sc(C)c4C)-n4c(C)nnc43)NC(=O)CNC2=O)cc1. The lowest BCUT2D eigenvalue weighted by molar-refractivity contribution is -0.144. The van der Waals surface area contributed by atoms with Crippen LogP contribution in [0, 0.1) is 33.1 Å². The Morgan fingerprint density at radius 3 is 2.24 bits per heavy atom. The molecule has 21 nitrogen and oxygen atoms in total. The van der Waals surface area contributed by atoms with Crippen LogP contribution in [-0.2, 0) is 38.4 Å². The average molecular weight is 1140 g/mol. The first-order valence-electron chi connectivity index (χ1n) is 25.1. The number of aromatic nitrogens is 3. The Hall–Kier alpha value is -6.99. The summed E-state index contributed by atoms with van der Waals surface area (Å²) in [6, 6.07) is 8.26. The number of fused-ring (bicyclic) bond motifs is 4. The number of thioether (sulfide) groups is 1. The monoisotopic (exact) mass is 1140 g/mol. The van der Waals surface area contributed by atoms with E-state index in [1.807, 2.05) is 48.9 Å². The largest absolute Gasteiger partial charge is 0.391 e. The van der Waals surface area contributed by atoms with Gasteiger partial charge in [0.1, 0.15) is 47.1 Å². The number of primary amides is 1. The van der Waals surface area contributed by atoms with Crippen LogP contribution in [0.4, 0.5) is 0 Å². The maximum atomic E-state index is 14.4. The van der Waals surface area contributed by atoms with Crippen molar-refractivity contribution in [2.45, 2.75) is 104 Å². The van der Waals surface area contributed by atoms with E-state index < -0.39 is 108 Å². The Morgan fingerprint density at radius 2 is 1.58 bits per heavy atom. The van der Waals surface area contributed by atoms with Gasteiger partial charge in [-0.25, -0.2) is 0 Å². The van der Waals surface area contributed by atoms with Crippen LogP contribution >= 0.6 is 46.0 Å². The molecule has 2 aromatic carbocycles. The fourth-order valence-corrected chi connectivity index (χ4v) is 12.6. The summed E-state index contributed by atoms with van der Waals surface area (Å²) in [4.78, 5) is 120. The third-order valence-electron chi connectivity index (χ3n) is 13.7. The van der Waals surface area contributed by atoms with Gasteiger partial charge in [0.05, 0.1) is 30.5 Å². The first-order valence-corrected chi connectivity index (χ1v) is 28.3. The van der Waals surface area contributed by atoms with Gasteiger partial charge in [-0.3, -0.25) is 47.9 Å². The quantitative estimate of drug-likeness (QED) is 0.111. The van der Waals surface area contributed by atoms with Crippen LogP contribution in [0.5, 0.6) is 0 Å². The molecule has 3 aliphatic heterocycles. The van der Waals surface area contributed by atoms with E-state index in [0.717, 1.165) is 54.3 Å². The van der Waals surface area contributed by atoms with Crippen LogP contribution in [0.2, 0.25) is 5.02 Å². The number of benzene rings is 2. The lowest BCUT2D eigenvalue weighted by Gasteiger charge is -2.35.